The van der Waals surface area contributed by atoms with E-state index >= 15 is 0 Å². The molecule has 3 heterocycles. The maximum Gasteiger partial charge on any atom is 0.219 e. The number of amides is 1. The number of aromatic nitrogens is 3. The van der Waals surface area contributed by atoms with Gasteiger partial charge in [0.25, 0.3) is 0 Å². The van der Waals surface area contributed by atoms with Crippen molar-refractivity contribution < 1.29 is 4.79 Å². The predicted molar refractivity (Wildman–Crippen MR) is 106 cm³/mol. The summed E-state index contributed by atoms with van der Waals surface area (Å²) in [5.74, 6) is 1.82. The first-order valence-corrected chi connectivity index (χ1v) is 8.55. The van der Waals surface area contributed by atoms with Gasteiger partial charge in [-0.25, -0.2) is 9.97 Å². The van der Waals surface area contributed by atoms with Crippen LogP contribution in [0.25, 0.3) is 22.3 Å². The number of carbonyl (C=O) groups is 1. The number of hydrogen-bond acceptors (Lipinski definition) is 4. The molecular formula is C19H22ClN5O. The number of nitrogens with one attached hydrogen (secondary N) is 1. The smallest absolute Gasteiger partial charge is 0.219 e. The number of rotatable bonds is 2. The molecule has 136 valence electrons. The van der Waals surface area contributed by atoms with Crippen molar-refractivity contribution in [2.24, 2.45) is 0 Å². The fourth-order valence-electron chi connectivity index (χ4n) is 3.35. The minimum Gasteiger partial charge on any atom is -0.351 e. The lowest BCUT2D eigenvalue weighted by Crippen LogP contribution is -2.48. The normalized spacial score (nSPS) is 14.4. The van der Waals surface area contributed by atoms with Crippen LogP contribution in [0.2, 0.25) is 0 Å². The fraction of sp³-hybridized carbons (Fsp3) is 0.316. The van der Waals surface area contributed by atoms with Crippen LogP contribution >= 0.6 is 12.4 Å². The van der Waals surface area contributed by atoms with E-state index in [1.54, 1.807) is 6.92 Å². The maximum atomic E-state index is 11.5. The van der Waals surface area contributed by atoms with Crippen LogP contribution in [-0.2, 0) is 4.79 Å². The molecule has 6 nitrogen and oxygen atoms in total. The van der Waals surface area contributed by atoms with E-state index in [9.17, 15) is 4.79 Å². The molecule has 4 rings (SSSR count). The van der Waals surface area contributed by atoms with Gasteiger partial charge in [0.15, 0.2) is 5.82 Å². The number of aromatic amines is 1. The molecule has 7 heteroatoms. The lowest BCUT2D eigenvalue weighted by atomic mass is 10.2. The van der Waals surface area contributed by atoms with Gasteiger partial charge in [0.1, 0.15) is 11.3 Å². The van der Waals surface area contributed by atoms with Gasteiger partial charge in [0, 0.05) is 38.8 Å². The third kappa shape index (κ3) is 3.37. The Kier molecular flexibility index (Phi) is 5.13. The first kappa shape index (κ1) is 18.2. The molecule has 1 amide bonds. The number of hydrogen-bond donors (Lipinski definition) is 1. The molecule has 0 unspecified atom stereocenters. The summed E-state index contributed by atoms with van der Waals surface area (Å²) in [4.78, 5) is 28.4. The number of aryl methyl sites for hydroxylation is 1. The number of piperazine rings is 1. The highest BCUT2D eigenvalue weighted by molar-refractivity contribution is 5.91. The predicted octanol–water partition coefficient (Wildman–Crippen LogP) is 3.02. The molecule has 1 fully saturated rings. The van der Waals surface area contributed by atoms with Crippen molar-refractivity contribution in [1.29, 1.82) is 0 Å². The average molecular weight is 372 g/mol. The van der Waals surface area contributed by atoms with Gasteiger partial charge in [-0.2, -0.15) is 0 Å². The van der Waals surface area contributed by atoms with Gasteiger partial charge in [-0.3, -0.25) is 4.79 Å². The summed E-state index contributed by atoms with van der Waals surface area (Å²) in [5.41, 5.74) is 4.06. The Balaban J connectivity index is 0.00000196. The van der Waals surface area contributed by atoms with E-state index in [-0.39, 0.29) is 18.3 Å². The van der Waals surface area contributed by atoms with Gasteiger partial charge in [-0.15, -0.1) is 12.4 Å². The molecular weight excluding hydrogens is 350 g/mol. The summed E-state index contributed by atoms with van der Waals surface area (Å²) in [7, 11) is 0. The van der Waals surface area contributed by atoms with Gasteiger partial charge in [-0.1, -0.05) is 30.3 Å². The molecule has 0 bridgehead atoms. The largest absolute Gasteiger partial charge is 0.351 e. The van der Waals surface area contributed by atoms with E-state index in [1.807, 2.05) is 30.0 Å². The lowest BCUT2D eigenvalue weighted by molar-refractivity contribution is -0.129. The van der Waals surface area contributed by atoms with Crippen LogP contribution in [-0.4, -0.2) is 51.9 Å². The molecule has 1 N–H and O–H groups in total. The highest BCUT2D eigenvalue weighted by atomic mass is 35.5. The van der Waals surface area contributed by atoms with Crippen LogP contribution < -0.4 is 4.90 Å². The lowest BCUT2D eigenvalue weighted by Gasteiger charge is -2.35. The molecule has 0 spiro atoms. The topological polar surface area (TPSA) is 65.1 Å². The SMILES string of the molecule is CC(=O)N1CCN(c2nc(C)nc3cc(-c4ccccc4)[nH]c23)CC1.Cl. The third-order valence-electron chi connectivity index (χ3n) is 4.68. The molecule has 1 aliphatic heterocycles. The Labute approximate surface area is 158 Å². The van der Waals surface area contributed by atoms with Crippen LogP contribution in [0.1, 0.15) is 12.7 Å². The van der Waals surface area contributed by atoms with E-state index in [0.717, 1.165) is 60.1 Å². The van der Waals surface area contributed by atoms with Gasteiger partial charge in [0.05, 0.1) is 5.52 Å². The Hall–Kier alpha value is -2.60. The molecule has 0 atom stereocenters. The summed E-state index contributed by atoms with van der Waals surface area (Å²) in [6.07, 6.45) is 0. The summed E-state index contributed by atoms with van der Waals surface area (Å²) >= 11 is 0. The molecule has 1 aromatic carbocycles. The van der Waals surface area contributed by atoms with Crippen LogP contribution in [0, 0.1) is 6.92 Å². The standard InChI is InChI=1S/C19H21N5O.ClH/c1-13-20-17-12-16(15-6-4-3-5-7-15)22-18(17)19(21-13)24-10-8-23(9-11-24)14(2)25;/h3-7,12,22H,8-11H2,1-2H3;1H. The molecule has 0 saturated carbocycles. The monoisotopic (exact) mass is 371 g/mol. The zero-order valence-corrected chi connectivity index (χ0v) is 15.7. The van der Waals surface area contributed by atoms with Gasteiger partial charge < -0.3 is 14.8 Å². The third-order valence-corrected chi connectivity index (χ3v) is 4.68. The summed E-state index contributed by atoms with van der Waals surface area (Å²) in [6.45, 7) is 6.57. The Morgan fingerprint density at radius 3 is 2.42 bits per heavy atom. The minimum atomic E-state index is 0. The minimum absolute atomic E-state index is 0. The second kappa shape index (κ2) is 7.33. The van der Waals surface area contributed by atoms with Crippen LogP contribution in [0.3, 0.4) is 0 Å². The molecule has 2 aromatic heterocycles. The van der Waals surface area contributed by atoms with E-state index in [2.05, 4.69) is 38.1 Å². The van der Waals surface area contributed by atoms with Gasteiger partial charge in [0.2, 0.25) is 5.91 Å². The number of benzene rings is 1. The zero-order chi connectivity index (χ0) is 17.4. The average Bonchev–Trinajstić information content (AvgIpc) is 3.05. The van der Waals surface area contributed by atoms with Crippen molar-refractivity contribution in [3.8, 4) is 11.3 Å². The Morgan fingerprint density at radius 2 is 1.77 bits per heavy atom. The van der Waals surface area contributed by atoms with Crippen LogP contribution in [0.5, 0.6) is 0 Å². The molecule has 1 saturated heterocycles. The summed E-state index contributed by atoms with van der Waals surface area (Å²) in [6, 6.07) is 12.3. The van der Waals surface area contributed by atoms with Crippen molar-refractivity contribution >= 4 is 35.2 Å². The number of carbonyl (C=O) groups excluding carboxylic acids is 1. The summed E-state index contributed by atoms with van der Waals surface area (Å²) < 4.78 is 0. The van der Waals surface area contributed by atoms with E-state index < -0.39 is 0 Å². The van der Waals surface area contributed by atoms with Crippen molar-refractivity contribution in [2.75, 3.05) is 31.1 Å². The highest BCUT2D eigenvalue weighted by Gasteiger charge is 2.22. The fourth-order valence-corrected chi connectivity index (χ4v) is 3.35. The van der Waals surface area contributed by atoms with Gasteiger partial charge in [-0.05, 0) is 18.6 Å². The Morgan fingerprint density at radius 1 is 1.08 bits per heavy atom. The van der Waals surface area contributed by atoms with E-state index in [1.165, 1.54) is 0 Å². The van der Waals surface area contributed by atoms with E-state index in [4.69, 9.17) is 0 Å². The van der Waals surface area contributed by atoms with Crippen molar-refractivity contribution in [1.82, 2.24) is 19.9 Å². The van der Waals surface area contributed by atoms with Crippen molar-refractivity contribution in [3.63, 3.8) is 0 Å². The number of anilines is 1. The number of fused-ring (bicyclic) bond motifs is 1. The molecule has 26 heavy (non-hydrogen) atoms. The first-order chi connectivity index (χ1) is 12.1. The zero-order valence-electron chi connectivity index (χ0n) is 14.9. The number of H-pyrrole nitrogens is 1. The molecule has 0 aliphatic carbocycles. The van der Waals surface area contributed by atoms with Crippen molar-refractivity contribution in [3.05, 3.63) is 42.2 Å². The van der Waals surface area contributed by atoms with Gasteiger partial charge >= 0.3 is 0 Å². The summed E-state index contributed by atoms with van der Waals surface area (Å²) in [5, 5.41) is 0. The quantitative estimate of drug-likeness (QED) is 0.752. The Bertz CT molecular complexity index is 916. The van der Waals surface area contributed by atoms with Crippen LogP contribution in [0.15, 0.2) is 36.4 Å². The van der Waals surface area contributed by atoms with Crippen molar-refractivity contribution in [2.45, 2.75) is 13.8 Å². The molecule has 1 aliphatic rings. The van der Waals surface area contributed by atoms with E-state index in [0.29, 0.717) is 0 Å². The molecule has 0 radical (unpaired) electrons. The number of halogens is 1. The second-order valence-corrected chi connectivity index (χ2v) is 6.40. The molecule has 3 aromatic rings. The first-order valence-electron chi connectivity index (χ1n) is 8.55. The second-order valence-electron chi connectivity index (χ2n) is 6.40. The van der Waals surface area contributed by atoms with Crippen LogP contribution in [0.4, 0.5) is 5.82 Å². The number of nitrogens with zero attached hydrogens (tertiary/aromatic N) is 4. The maximum absolute atomic E-state index is 11.5. The highest BCUT2D eigenvalue weighted by Crippen LogP contribution is 2.29.